The highest BCUT2D eigenvalue weighted by Gasteiger charge is 2.14. The summed E-state index contributed by atoms with van der Waals surface area (Å²) in [5, 5.41) is 12.1. The molecule has 0 fully saturated rings. The maximum Gasteiger partial charge on any atom is 0.367 e. The number of fused-ring (bicyclic) bond motifs is 1. The zero-order valence-corrected chi connectivity index (χ0v) is 18.6. The van der Waals surface area contributed by atoms with E-state index < -0.39 is 0 Å². The van der Waals surface area contributed by atoms with Crippen molar-refractivity contribution in [3.63, 3.8) is 0 Å². The van der Waals surface area contributed by atoms with Crippen LogP contribution in [0.3, 0.4) is 0 Å². The van der Waals surface area contributed by atoms with E-state index in [1.165, 1.54) is 9.36 Å². The Morgan fingerprint density at radius 1 is 0.818 bits per heavy atom. The lowest BCUT2D eigenvalue weighted by molar-refractivity contribution is 0.643. The van der Waals surface area contributed by atoms with Crippen molar-refractivity contribution in [2.75, 3.05) is 0 Å². The van der Waals surface area contributed by atoms with Crippen LogP contribution in [0, 0.1) is 0 Å². The molecule has 0 bridgehead atoms. The van der Waals surface area contributed by atoms with Gasteiger partial charge in [0.2, 0.25) is 0 Å². The van der Waals surface area contributed by atoms with E-state index >= 15 is 0 Å². The van der Waals surface area contributed by atoms with E-state index in [1.54, 1.807) is 6.21 Å². The summed E-state index contributed by atoms with van der Waals surface area (Å²) in [6.07, 6.45) is 2.19. The van der Waals surface area contributed by atoms with Crippen molar-refractivity contribution >= 4 is 28.6 Å². The van der Waals surface area contributed by atoms with Gasteiger partial charge in [-0.15, -0.1) is 0 Å². The molecule has 0 amide bonds. The van der Waals surface area contributed by atoms with Gasteiger partial charge in [-0.1, -0.05) is 96.5 Å². The van der Waals surface area contributed by atoms with Gasteiger partial charge in [-0.3, -0.25) is 0 Å². The van der Waals surface area contributed by atoms with Crippen LogP contribution in [0.15, 0.2) is 107 Å². The average molecular weight is 453 g/mol. The summed E-state index contributed by atoms with van der Waals surface area (Å²) in [5.41, 5.74) is 2.66. The molecule has 0 atom stereocenters. The number of hydrogen-bond acceptors (Lipinski definition) is 3. The molecule has 0 unspecified atom stereocenters. The van der Waals surface area contributed by atoms with E-state index in [0.29, 0.717) is 23.8 Å². The Labute approximate surface area is 196 Å². The van der Waals surface area contributed by atoms with Gasteiger partial charge < -0.3 is 0 Å². The highest BCUT2D eigenvalue weighted by atomic mass is 35.5. The first-order chi connectivity index (χ1) is 16.2. The van der Waals surface area contributed by atoms with Gasteiger partial charge in [0.05, 0.1) is 12.8 Å². The largest absolute Gasteiger partial charge is 0.367 e. The standard InChI is InChI=1S/C27H21ClN4O/c28-24-15-13-20(14-16-24)17-26-30-31(19-21-7-2-1-3-8-21)27(33)32(26)29-18-23-11-6-10-22-9-4-5-12-25(22)23/h1-16,18H,17,19H2/b29-18-. The molecule has 0 aliphatic rings. The van der Waals surface area contributed by atoms with Crippen LogP contribution < -0.4 is 5.69 Å². The number of rotatable bonds is 6. The SMILES string of the molecule is O=c1n(Cc2ccccc2)nc(Cc2ccc(Cl)cc2)n1/N=C\c1cccc2ccccc12. The van der Waals surface area contributed by atoms with Crippen molar-refractivity contribution < 1.29 is 0 Å². The predicted molar refractivity (Wildman–Crippen MR) is 133 cm³/mol. The van der Waals surface area contributed by atoms with Crippen LogP contribution >= 0.6 is 11.6 Å². The van der Waals surface area contributed by atoms with E-state index in [4.69, 9.17) is 11.6 Å². The van der Waals surface area contributed by atoms with Crippen LogP contribution in [0.5, 0.6) is 0 Å². The third-order valence-electron chi connectivity index (χ3n) is 5.47. The minimum Gasteiger partial charge on any atom is -0.244 e. The Kier molecular flexibility index (Phi) is 5.87. The van der Waals surface area contributed by atoms with Crippen molar-refractivity contribution in [1.29, 1.82) is 0 Å². The molecular weight excluding hydrogens is 432 g/mol. The maximum atomic E-state index is 13.3. The summed E-state index contributed by atoms with van der Waals surface area (Å²) in [6.45, 7) is 0.379. The van der Waals surface area contributed by atoms with Gasteiger partial charge in [0.15, 0.2) is 5.82 Å². The molecule has 0 aliphatic heterocycles. The van der Waals surface area contributed by atoms with Gasteiger partial charge in [-0.25, -0.2) is 9.48 Å². The third-order valence-corrected chi connectivity index (χ3v) is 5.72. The molecule has 33 heavy (non-hydrogen) atoms. The average Bonchev–Trinajstić information content (AvgIpc) is 3.13. The normalized spacial score (nSPS) is 11.4. The molecule has 0 N–H and O–H groups in total. The summed E-state index contributed by atoms with van der Waals surface area (Å²) in [7, 11) is 0. The molecule has 5 rings (SSSR count). The Bertz CT molecular complexity index is 1480. The molecule has 5 nitrogen and oxygen atoms in total. The Morgan fingerprint density at radius 2 is 1.55 bits per heavy atom. The molecule has 0 aliphatic carbocycles. The first-order valence-corrected chi connectivity index (χ1v) is 11.0. The molecule has 1 heterocycles. The Balaban J connectivity index is 1.55. The summed E-state index contributed by atoms with van der Waals surface area (Å²) >= 11 is 6.03. The number of benzene rings is 4. The topological polar surface area (TPSA) is 52.2 Å². The number of aromatic nitrogens is 3. The molecular formula is C27H21ClN4O. The predicted octanol–water partition coefficient (Wildman–Crippen LogP) is 5.37. The Hall–Kier alpha value is -3.96. The van der Waals surface area contributed by atoms with Crippen LogP contribution in [0.1, 0.15) is 22.5 Å². The lowest BCUT2D eigenvalue weighted by Gasteiger charge is -2.03. The summed E-state index contributed by atoms with van der Waals surface area (Å²) < 4.78 is 2.85. The van der Waals surface area contributed by atoms with E-state index in [-0.39, 0.29) is 5.69 Å². The van der Waals surface area contributed by atoms with Crippen molar-refractivity contribution in [2.24, 2.45) is 5.10 Å². The second kappa shape index (κ2) is 9.27. The summed E-state index contributed by atoms with van der Waals surface area (Å²) in [4.78, 5) is 13.3. The number of nitrogens with zero attached hydrogens (tertiary/aromatic N) is 4. The lowest BCUT2D eigenvalue weighted by Crippen LogP contribution is -2.24. The Morgan fingerprint density at radius 3 is 2.36 bits per heavy atom. The van der Waals surface area contributed by atoms with Gasteiger partial charge in [-0.2, -0.15) is 14.9 Å². The van der Waals surface area contributed by atoms with E-state index in [9.17, 15) is 4.79 Å². The van der Waals surface area contributed by atoms with Crippen LogP contribution in [-0.4, -0.2) is 20.7 Å². The zero-order chi connectivity index (χ0) is 22.6. The fourth-order valence-corrected chi connectivity index (χ4v) is 3.92. The van der Waals surface area contributed by atoms with Crippen LogP contribution in [0.25, 0.3) is 10.8 Å². The first-order valence-electron chi connectivity index (χ1n) is 10.7. The first kappa shape index (κ1) is 20.9. The minimum atomic E-state index is -0.278. The molecule has 1 aromatic heterocycles. The number of halogens is 1. The zero-order valence-electron chi connectivity index (χ0n) is 17.8. The quantitative estimate of drug-likeness (QED) is 0.325. The van der Waals surface area contributed by atoms with Gasteiger partial charge in [0.1, 0.15) is 0 Å². The van der Waals surface area contributed by atoms with E-state index in [1.807, 2.05) is 84.9 Å². The van der Waals surface area contributed by atoms with E-state index in [2.05, 4.69) is 22.3 Å². The van der Waals surface area contributed by atoms with Gasteiger partial charge >= 0.3 is 5.69 Å². The van der Waals surface area contributed by atoms with E-state index in [0.717, 1.165) is 27.5 Å². The monoisotopic (exact) mass is 452 g/mol. The molecule has 162 valence electrons. The van der Waals surface area contributed by atoms with Crippen LogP contribution in [0.2, 0.25) is 5.02 Å². The van der Waals surface area contributed by atoms with Crippen molar-refractivity contribution in [3.8, 4) is 0 Å². The molecule has 6 heteroatoms. The molecule has 0 saturated heterocycles. The van der Waals surface area contributed by atoms with Crippen molar-refractivity contribution in [1.82, 2.24) is 14.5 Å². The minimum absolute atomic E-state index is 0.278. The van der Waals surface area contributed by atoms with Crippen molar-refractivity contribution in [3.05, 3.63) is 135 Å². The maximum absolute atomic E-state index is 13.3. The van der Waals surface area contributed by atoms with Gasteiger partial charge in [0, 0.05) is 17.0 Å². The lowest BCUT2D eigenvalue weighted by atomic mass is 10.1. The van der Waals surface area contributed by atoms with Crippen molar-refractivity contribution in [2.45, 2.75) is 13.0 Å². The molecule has 0 saturated carbocycles. The second-order valence-electron chi connectivity index (χ2n) is 7.77. The summed E-state index contributed by atoms with van der Waals surface area (Å²) in [5.74, 6) is 0.565. The molecule has 0 spiro atoms. The van der Waals surface area contributed by atoms with Crippen LogP contribution in [-0.2, 0) is 13.0 Å². The third kappa shape index (κ3) is 4.64. The van der Waals surface area contributed by atoms with Gasteiger partial charge in [0.25, 0.3) is 0 Å². The fraction of sp³-hybridized carbons (Fsp3) is 0.0741. The number of hydrogen-bond donors (Lipinski definition) is 0. The van der Waals surface area contributed by atoms with Gasteiger partial charge in [-0.05, 0) is 34.0 Å². The smallest absolute Gasteiger partial charge is 0.244 e. The molecule has 5 aromatic rings. The highest BCUT2D eigenvalue weighted by Crippen LogP contribution is 2.17. The molecule has 0 radical (unpaired) electrons. The highest BCUT2D eigenvalue weighted by molar-refractivity contribution is 6.30. The van der Waals surface area contributed by atoms with Crippen LogP contribution in [0.4, 0.5) is 0 Å². The molecule has 4 aromatic carbocycles. The summed E-state index contributed by atoms with van der Waals surface area (Å²) in [6, 6.07) is 31.5. The second-order valence-corrected chi connectivity index (χ2v) is 8.21. The fourth-order valence-electron chi connectivity index (χ4n) is 3.80.